The summed E-state index contributed by atoms with van der Waals surface area (Å²) in [5.41, 5.74) is 1.21. The van der Waals surface area contributed by atoms with E-state index < -0.39 is 50.5 Å². The van der Waals surface area contributed by atoms with Crippen molar-refractivity contribution in [1.29, 1.82) is 0 Å². The van der Waals surface area contributed by atoms with Crippen molar-refractivity contribution in [3.8, 4) is 17.6 Å². The number of benzene rings is 2. The summed E-state index contributed by atoms with van der Waals surface area (Å²) in [6.07, 6.45) is 2.45. The third-order valence-electron chi connectivity index (χ3n) is 6.66. The van der Waals surface area contributed by atoms with E-state index in [1.807, 2.05) is 0 Å². The highest BCUT2D eigenvalue weighted by Gasteiger charge is 2.39. The summed E-state index contributed by atoms with van der Waals surface area (Å²) in [5, 5.41) is 9.83. The fourth-order valence-electron chi connectivity index (χ4n) is 4.24. The van der Waals surface area contributed by atoms with Gasteiger partial charge in [-0.25, -0.2) is 21.2 Å². The smallest absolute Gasteiger partial charge is 0.247 e. The lowest BCUT2D eigenvalue weighted by Crippen LogP contribution is -2.50. The Bertz CT molecular complexity index is 1620. The average Bonchev–Trinajstić information content (AvgIpc) is 2.94. The molecular formula is C28H30FN3O6S2. The van der Waals surface area contributed by atoms with Crippen LogP contribution >= 0.6 is 0 Å². The SMILES string of the molecule is C[C@@H]1CN([C@H](C)CO)S(=O)(=O)c2ccc(C#Cc3ccncc3)cc2O[C@H]1CN(C)S(=O)(=O)c1ccc(F)cc1. The molecule has 3 atom stereocenters. The first kappa shape index (κ1) is 29.6. The van der Waals surface area contributed by atoms with Crippen LogP contribution in [-0.4, -0.2) is 74.4 Å². The zero-order valence-electron chi connectivity index (χ0n) is 22.2. The van der Waals surface area contributed by atoms with E-state index in [9.17, 15) is 26.3 Å². The third-order valence-corrected chi connectivity index (χ3v) is 10.5. The maximum absolute atomic E-state index is 13.7. The van der Waals surface area contributed by atoms with Gasteiger partial charge in [-0.15, -0.1) is 0 Å². The molecule has 0 spiro atoms. The van der Waals surface area contributed by atoms with Gasteiger partial charge in [-0.05, 0) is 61.5 Å². The summed E-state index contributed by atoms with van der Waals surface area (Å²) in [5.74, 6) is 4.98. The molecule has 1 aliphatic heterocycles. The van der Waals surface area contributed by atoms with E-state index in [1.165, 1.54) is 35.6 Å². The van der Waals surface area contributed by atoms with Gasteiger partial charge in [0.15, 0.2) is 0 Å². The second kappa shape index (κ2) is 12.0. The molecule has 2 heterocycles. The van der Waals surface area contributed by atoms with Gasteiger partial charge in [0.1, 0.15) is 22.6 Å². The Morgan fingerprint density at radius 3 is 2.42 bits per heavy atom. The molecule has 0 saturated heterocycles. The molecule has 0 amide bonds. The van der Waals surface area contributed by atoms with Gasteiger partial charge >= 0.3 is 0 Å². The minimum Gasteiger partial charge on any atom is -0.487 e. The molecule has 12 heteroatoms. The largest absolute Gasteiger partial charge is 0.487 e. The van der Waals surface area contributed by atoms with E-state index >= 15 is 0 Å². The predicted octanol–water partition coefficient (Wildman–Crippen LogP) is 2.71. The first-order chi connectivity index (χ1) is 18.9. The lowest BCUT2D eigenvalue weighted by atomic mass is 10.0. The van der Waals surface area contributed by atoms with Gasteiger partial charge in [-0.3, -0.25) is 4.98 Å². The topological polar surface area (TPSA) is 117 Å². The number of hydrogen-bond acceptors (Lipinski definition) is 7. The van der Waals surface area contributed by atoms with Gasteiger partial charge in [0.2, 0.25) is 20.0 Å². The quantitative estimate of drug-likeness (QED) is 0.441. The molecule has 0 aliphatic carbocycles. The number of halogens is 1. The molecule has 4 rings (SSSR count). The van der Waals surface area contributed by atoms with Crippen molar-refractivity contribution in [2.24, 2.45) is 5.92 Å². The Morgan fingerprint density at radius 1 is 1.12 bits per heavy atom. The molecule has 1 N–H and O–H groups in total. The van der Waals surface area contributed by atoms with Gasteiger partial charge in [-0.1, -0.05) is 18.8 Å². The lowest BCUT2D eigenvalue weighted by Gasteiger charge is -2.37. The molecule has 0 saturated carbocycles. The number of likely N-dealkylation sites (N-methyl/N-ethyl adjacent to an activating group) is 1. The molecule has 1 aliphatic rings. The Balaban J connectivity index is 1.74. The second-order valence-corrected chi connectivity index (χ2v) is 13.5. The van der Waals surface area contributed by atoms with Crippen LogP contribution in [0.15, 0.2) is 76.8 Å². The Labute approximate surface area is 234 Å². The number of sulfonamides is 2. The number of aliphatic hydroxyl groups is 1. The maximum Gasteiger partial charge on any atom is 0.247 e. The van der Waals surface area contributed by atoms with Crippen LogP contribution < -0.4 is 4.74 Å². The molecule has 0 unspecified atom stereocenters. The van der Waals surface area contributed by atoms with Gasteiger partial charge in [-0.2, -0.15) is 8.61 Å². The number of nitrogens with zero attached hydrogens (tertiary/aromatic N) is 3. The fraction of sp³-hybridized carbons (Fsp3) is 0.321. The van der Waals surface area contributed by atoms with Crippen molar-refractivity contribution in [1.82, 2.24) is 13.6 Å². The van der Waals surface area contributed by atoms with E-state index in [-0.39, 0.29) is 28.6 Å². The lowest BCUT2D eigenvalue weighted by molar-refractivity contribution is 0.0904. The summed E-state index contributed by atoms with van der Waals surface area (Å²) in [7, 11) is -6.68. The van der Waals surface area contributed by atoms with Crippen molar-refractivity contribution in [3.63, 3.8) is 0 Å². The first-order valence-corrected chi connectivity index (χ1v) is 15.4. The molecule has 9 nitrogen and oxygen atoms in total. The molecule has 1 aromatic heterocycles. The highest BCUT2D eigenvalue weighted by molar-refractivity contribution is 7.89. The third kappa shape index (κ3) is 6.35. The van der Waals surface area contributed by atoms with Crippen molar-refractivity contribution in [2.75, 3.05) is 26.7 Å². The molecule has 0 radical (unpaired) electrons. The zero-order valence-corrected chi connectivity index (χ0v) is 23.9. The highest BCUT2D eigenvalue weighted by atomic mass is 32.2. The summed E-state index contributed by atoms with van der Waals surface area (Å²) < 4.78 is 75.7. The number of rotatable bonds is 6. The number of fused-ring (bicyclic) bond motifs is 1. The van der Waals surface area contributed by atoms with Crippen molar-refractivity contribution in [3.05, 3.63) is 83.9 Å². The van der Waals surface area contributed by atoms with Crippen LogP contribution in [0.4, 0.5) is 4.39 Å². The van der Waals surface area contributed by atoms with Crippen LogP contribution in [0.25, 0.3) is 0 Å². The summed E-state index contributed by atoms with van der Waals surface area (Å²) >= 11 is 0. The van der Waals surface area contributed by atoms with E-state index in [4.69, 9.17) is 4.74 Å². The summed E-state index contributed by atoms with van der Waals surface area (Å²) in [6.45, 7) is 2.83. The van der Waals surface area contributed by atoms with E-state index in [1.54, 1.807) is 44.4 Å². The van der Waals surface area contributed by atoms with Crippen LogP contribution in [-0.2, 0) is 20.0 Å². The van der Waals surface area contributed by atoms with Crippen molar-refractivity contribution >= 4 is 20.0 Å². The van der Waals surface area contributed by atoms with Gasteiger partial charge < -0.3 is 9.84 Å². The summed E-state index contributed by atoms with van der Waals surface area (Å²) in [4.78, 5) is 3.77. The Morgan fingerprint density at radius 2 is 1.77 bits per heavy atom. The first-order valence-electron chi connectivity index (χ1n) is 12.5. The molecular weight excluding hydrogens is 557 g/mol. The standard InChI is InChI=1S/C28H30FN3O6S2/c1-20-17-32(21(2)19-33)40(36,37)28-11-6-23(5-4-22-12-14-30-15-13-22)16-26(28)38-27(20)18-31(3)39(34,35)25-9-7-24(29)8-10-25/h6-16,20-21,27,33H,17-19H2,1-3H3/t20-,21-,27+/m1/s1. The van der Waals surface area contributed by atoms with E-state index in [0.717, 1.165) is 22.0 Å². The Kier molecular flexibility index (Phi) is 8.92. The minimum absolute atomic E-state index is 0.0117. The number of aromatic nitrogens is 1. The van der Waals surface area contributed by atoms with Gasteiger partial charge in [0.05, 0.1) is 18.0 Å². The fourth-order valence-corrected chi connectivity index (χ4v) is 7.25. The van der Waals surface area contributed by atoms with Crippen LogP contribution in [0.5, 0.6) is 5.75 Å². The number of hydrogen-bond donors (Lipinski definition) is 1. The average molecular weight is 588 g/mol. The highest BCUT2D eigenvalue weighted by Crippen LogP contribution is 2.34. The van der Waals surface area contributed by atoms with E-state index in [0.29, 0.717) is 5.56 Å². The van der Waals surface area contributed by atoms with E-state index in [2.05, 4.69) is 16.8 Å². The molecule has 2 aromatic carbocycles. The second-order valence-electron chi connectivity index (χ2n) is 9.63. The van der Waals surface area contributed by atoms with Crippen molar-refractivity contribution < 1.29 is 31.1 Å². The summed E-state index contributed by atoms with van der Waals surface area (Å²) in [6, 6.07) is 11.8. The van der Waals surface area contributed by atoms with Crippen LogP contribution in [0.2, 0.25) is 0 Å². The molecule has 0 bridgehead atoms. The Hall–Kier alpha value is -3.34. The predicted molar refractivity (Wildman–Crippen MR) is 147 cm³/mol. The molecule has 3 aromatic rings. The number of ether oxygens (including phenoxy) is 1. The van der Waals surface area contributed by atoms with Gasteiger partial charge in [0.25, 0.3) is 0 Å². The van der Waals surface area contributed by atoms with Crippen LogP contribution in [0.3, 0.4) is 0 Å². The van der Waals surface area contributed by atoms with Crippen LogP contribution in [0, 0.1) is 23.6 Å². The van der Waals surface area contributed by atoms with Gasteiger partial charge in [0, 0.05) is 49.1 Å². The minimum atomic E-state index is -4.07. The molecule has 212 valence electrons. The normalized spacial score (nSPS) is 19.9. The monoisotopic (exact) mass is 587 g/mol. The number of aliphatic hydroxyl groups excluding tert-OH is 1. The number of pyridine rings is 1. The molecule has 0 fully saturated rings. The molecule has 40 heavy (non-hydrogen) atoms. The van der Waals surface area contributed by atoms with Crippen molar-refractivity contribution in [2.45, 2.75) is 35.8 Å². The zero-order chi connectivity index (χ0) is 29.1. The van der Waals surface area contributed by atoms with Crippen LogP contribution in [0.1, 0.15) is 25.0 Å². The maximum atomic E-state index is 13.7.